The molecule has 0 aliphatic heterocycles. The third kappa shape index (κ3) is 9.37. The van der Waals surface area contributed by atoms with Crippen molar-refractivity contribution in [3.8, 4) is 5.75 Å². The first-order chi connectivity index (χ1) is 19.9. The van der Waals surface area contributed by atoms with Gasteiger partial charge < -0.3 is 15.0 Å². The van der Waals surface area contributed by atoms with Gasteiger partial charge in [0.25, 0.3) is 0 Å². The molecule has 0 saturated carbocycles. The molecule has 0 saturated heterocycles. The van der Waals surface area contributed by atoms with Crippen LogP contribution in [-0.2, 0) is 32.8 Å². The van der Waals surface area contributed by atoms with E-state index in [2.05, 4.69) is 5.32 Å². The van der Waals surface area contributed by atoms with Gasteiger partial charge in [0, 0.05) is 22.6 Å². The van der Waals surface area contributed by atoms with Crippen molar-refractivity contribution in [2.45, 2.75) is 58.8 Å². The predicted molar refractivity (Wildman–Crippen MR) is 168 cm³/mol. The Bertz CT molecular complexity index is 1450. The fourth-order valence-electron chi connectivity index (χ4n) is 4.26. The third-order valence-electron chi connectivity index (χ3n) is 6.79. The van der Waals surface area contributed by atoms with Crippen LogP contribution in [0, 0.1) is 0 Å². The molecule has 1 N–H and O–H groups in total. The molecule has 0 radical (unpaired) electrons. The second-order valence-corrected chi connectivity index (χ2v) is 12.8. The Balaban J connectivity index is 1.88. The van der Waals surface area contributed by atoms with Crippen LogP contribution < -0.4 is 14.4 Å². The summed E-state index contributed by atoms with van der Waals surface area (Å²) in [6.07, 6.45) is 2.06. The van der Waals surface area contributed by atoms with Gasteiger partial charge in [-0.2, -0.15) is 0 Å². The lowest BCUT2D eigenvalue weighted by Crippen LogP contribution is -2.53. The van der Waals surface area contributed by atoms with Crippen molar-refractivity contribution in [3.05, 3.63) is 94.0 Å². The maximum Gasteiger partial charge on any atom is 0.244 e. The predicted octanol–water partition coefficient (Wildman–Crippen LogP) is 6.06. The number of benzene rings is 3. The second kappa shape index (κ2) is 15.3. The molecule has 11 heteroatoms. The number of rotatable bonds is 14. The lowest BCUT2D eigenvalue weighted by Gasteiger charge is -2.33. The summed E-state index contributed by atoms with van der Waals surface area (Å²) < 4.78 is 32.6. The van der Waals surface area contributed by atoms with E-state index in [4.69, 9.17) is 27.9 Å². The Hall–Kier alpha value is -3.27. The van der Waals surface area contributed by atoms with E-state index in [9.17, 15) is 18.0 Å². The number of halogens is 2. The molecule has 0 aromatic heterocycles. The van der Waals surface area contributed by atoms with Crippen molar-refractivity contribution in [1.82, 2.24) is 10.2 Å². The monoisotopic (exact) mass is 633 g/mol. The summed E-state index contributed by atoms with van der Waals surface area (Å²) in [5.41, 5.74) is 1.86. The number of carbonyl (C=O) groups is 2. The maximum atomic E-state index is 13.9. The zero-order valence-electron chi connectivity index (χ0n) is 24.2. The molecule has 2 atom stereocenters. The SMILES string of the molecule is CC[C@@H](C)NC(=O)[C@@H](CC)N(Cc1ccc(Cl)cc1Cl)C(=O)CN(c1ccc(OCc2ccccc2)cc1)S(C)(=O)=O. The van der Waals surface area contributed by atoms with Gasteiger partial charge in [-0.1, -0.05) is 73.4 Å². The van der Waals surface area contributed by atoms with Crippen molar-refractivity contribution >= 4 is 50.7 Å². The molecule has 42 heavy (non-hydrogen) atoms. The molecule has 0 bridgehead atoms. The lowest BCUT2D eigenvalue weighted by atomic mass is 10.1. The first-order valence-corrected chi connectivity index (χ1v) is 16.3. The van der Waals surface area contributed by atoms with Gasteiger partial charge in [0.15, 0.2) is 0 Å². The molecule has 3 rings (SSSR count). The standard InChI is InChI=1S/C31H37Cl2N3O5S/c1-5-22(3)34-31(38)29(6-2)35(19-24-12-13-25(32)18-28(24)33)30(37)20-36(42(4,39)40)26-14-16-27(17-15-26)41-21-23-10-8-7-9-11-23/h7-18,22,29H,5-6,19-21H2,1-4H3,(H,34,38)/t22-,29-/m1/s1. The Kier molecular flexibility index (Phi) is 12.1. The molecular formula is C31H37Cl2N3O5S. The van der Waals surface area contributed by atoms with E-state index in [0.717, 1.165) is 16.1 Å². The minimum atomic E-state index is -3.88. The van der Waals surface area contributed by atoms with Gasteiger partial charge in [-0.25, -0.2) is 8.42 Å². The van der Waals surface area contributed by atoms with Gasteiger partial charge in [-0.3, -0.25) is 13.9 Å². The molecule has 2 amide bonds. The quantitative estimate of drug-likeness (QED) is 0.233. The fourth-order valence-corrected chi connectivity index (χ4v) is 5.58. The van der Waals surface area contributed by atoms with E-state index in [1.807, 2.05) is 44.2 Å². The first kappa shape index (κ1) is 33.2. The second-order valence-electron chi connectivity index (χ2n) is 10.0. The van der Waals surface area contributed by atoms with Gasteiger partial charge in [0.1, 0.15) is 24.9 Å². The molecule has 226 valence electrons. The highest BCUT2D eigenvalue weighted by Crippen LogP contribution is 2.26. The highest BCUT2D eigenvalue weighted by Gasteiger charge is 2.32. The summed E-state index contributed by atoms with van der Waals surface area (Å²) in [6, 6.07) is 20.1. The summed E-state index contributed by atoms with van der Waals surface area (Å²) in [5, 5.41) is 3.71. The van der Waals surface area contributed by atoms with E-state index >= 15 is 0 Å². The normalized spacial score (nSPS) is 12.7. The number of hydrogen-bond acceptors (Lipinski definition) is 5. The smallest absolute Gasteiger partial charge is 0.244 e. The van der Waals surface area contributed by atoms with Crippen LogP contribution in [0.3, 0.4) is 0 Å². The number of hydrogen-bond donors (Lipinski definition) is 1. The summed E-state index contributed by atoms with van der Waals surface area (Å²) in [6.45, 7) is 5.46. The maximum absolute atomic E-state index is 13.9. The number of sulfonamides is 1. The van der Waals surface area contributed by atoms with E-state index in [0.29, 0.717) is 46.5 Å². The molecule has 0 unspecified atom stereocenters. The van der Waals surface area contributed by atoms with Crippen LogP contribution in [0.15, 0.2) is 72.8 Å². The van der Waals surface area contributed by atoms with Gasteiger partial charge in [-0.05, 0) is 67.3 Å². The largest absolute Gasteiger partial charge is 0.489 e. The molecule has 8 nitrogen and oxygen atoms in total. The van der Waals surface area contributed by atoms with Gasteiger partial charge in [-0.15, -0.1) is 0 Å². The molecule has 0 aliphatic rings. The summed E-state index contributed by atoms with van der Waals surface area (Å²) in [7, 11) is -3.88. The fraction of sp³-hybridized carbons (Fsp3) is 0.355. The average molecular weight is 635 g/mol. The van der Waals surface area contributed by atoms with E-state index in [-0.39, 0.29) is 18.5 Å². The van der Waals surface area contributed by atoms with Gasteiger partial charge in [0.2, 0.25) is 21.8 Å². The summed E-state index contributed by atoms with van der Waals surface area (Å²) in [4.78, 5) is 28.5. The van der Waals surface area contributed by atoms with Crippen LogP contribution in [-0.4, -0.2) is 50.0 Å². The zero-order valence-corrected chi connectivity index (χ0v) is 26.5. The highest BCUT2D eigenvalue weighted by molar-refractivity contribution is 7.92. The third-order valence-corrected chi connectivity index (χ3v) is 8.52. The number of anilines is 1. The minimum Gasteiger partial charge on any atom is -0.489 e. The molecule has 0 aliphatic carbocycles. The van der Waals surface area contributed by atoms with Crippen LogP contribution in [0.4, 0.5) is 5.69 Å². The van der Waals surface area contributed by atoms with Crippen molar-refractivity contribution < 1.29 is 22.7 Å². The van der Waals surface area contributed by atoms with Crippen molar-refractivity contribution in [1.29, 1.82) is 0 Å². The summed E-state index contributed by atoms with van der Waals surface area (Å²) in [5.74, 6) is -0.327. The molecule has 0 heterocycles. The van der Waals surface area contributed by atoms with Crippen LogP contribution in [0.2, 0.25) is 10.0 Å². The van der Waals surface area contributed by atoms with Gasteiger partial charge >= 0.3 is 0 Å². The highest BCUT2D eigenvalue weighted by atomic mass is 35.5. The van der Waals surface area contributed by atoms with Crippen molar-refractivity contribution in [2.24, 2.45) is 0 Å². The summed E-state index contributed by atoms with van der Waals surface area (Å²) >= 11 is 12.5. The van der Waals surface area contributed by atoms with E-state index < -0.39 is 28.5 Å². The van der Waals surface area contributed by atoms with E-state index in [1.54, 1.807) is 49.4 Å². The first-order valence-electron chi connectivity index (χ1n) is 13.7. The lowest BCUT2D eigenvalue weighted by molar-refractivity contribution is -0.140. The Morgan fingerprint density at radius 3 is 2.19 bits per heavy atom. The van der Waals surface area contributed by atoms with Crippen LogP contribution in [0.5, 0.6) is 5.75 Å². The number of ether oxygens (including phenoxy) is 1. The van der Waals surface area contributed by atoms with Crippen LogP contribution >= 0.6 is 23.2 Å². The number of nitrogens with one attached hydrogen (secondary N) is 1. The van der Waals surface area contributed by atoms with Crippen molar-refractivity contribution in [2.75, 3.05) is 17.1 Å². The number of carbonyl (C=O) groups excluding carboxylic acids is 2. The molecular weight excluding hydrogens is 597 g/mol. The molecule has 0 spiro atoms. The van der Waals surface area contributed by atoms with E-state index in [1.165, 1.54) is 4.90 Å². The van der Waals surface area contributed by atoms with Gasteiger partial charge in [0.05, 0.1) is 11.9 Å². The minimum absolute atomic E-state index is 0.00880. The number of nitrogens with zero attached hydrogens (tertiary/aromatic N) is 2. The molecule has 3 aromatic rings. The van der Waals surface area contributed by atoms with Crippen molar-refractivity contribution in [3.63, 3.8) is 0 Å². The Morgan fingerprint density at radius 1 is 0.952 bits per heavy atom. The molecule has 3 aromatic carbocycles. The van der Waals surface area contributed by atoms with Crippen LogP contribution in [0.1, 0.15) is 44.7 Å². The van der Waals surface area contributed by atoms with Crippen LogP contribution in [0.25, 0.3) is 0 Å². The Labute approximate surface area is 258 Å². The topological polar surface area (TPSA) is 96.0 Å². The number of amides is 2. The zero-order chi connectivity index (χ0) is 30.9. The molecule has 0 fully saturated rings. The average Bonchev–Trinajstić information content (AvgIpc) is 2.96. The Morgan fingerprint density at radius 2 is 1.62 bits per heavy atom.